The molecule has 0 amide bonds. The second kappa shape index (κ2) is 10.6. The Morgan fingerprint density at radius 2 is 1.72 bits per heavy atom. The van der Waals surface area contributed by atoms with Crippen molar-refractivity contribution in [2.24, 2.45) is 0 Å². The summed E-state index contributed by atoms with van der Waals surface area (Å²) in [6.07, 6.45) is -0.780. The lowest BCUT2D eigenvalue weighted by Crippen LogP contribution is -2.47. The standard InChI is InChI=1S/C26H34F3N5OSi/c1-20-8-9-30-24(16-20)32-10-12-33(13-11-32)25-31-23(18-34(25)19-35-14-15-36(2,3)4)21-6-5-7-22(17-21)26(27,28)29/h5-9,16-18H,10-15,19H2,1-4H3. The predicted octanol–water partition coefficient (Wildman–Crippen LogP) is 5.91. The van der Waals surface area contributed by atoms with Gasteiger partial charge in [0.25, 0.3) is 0 Å². The molecule has 0 saturated carbocycles. The molecule has 0 aliphatic carbocycles. The van der Waals surface area contributed by atoms with E-state index in [1.807, 2.05) is 16.8 Å². The van der Waals surface area contributed by atoms with Crippen LogP contribution in [0.1, 0.15) is 11.1 Å². The number of aryl methyl sites for hydroxylation is 1. The molecule has 10 heteroatoms. The second-order valence-electron chi connectivity index (χ2n) is 10.5. The number of hydrogen-bond donors (Lipinski definition) is 0. The summed E-state index contributed by atoms with van der Waals surface area (Å²) in [5.74, 6) is 1.67. The van der Waals surface area contributed by atoms with E-state index in [1.54, 1.807) is 12.3 Å². The average molecular weight is 518 g/mol. The number of piperazine rings is 1. The van der Waals surface area contributed by atoms with Crippen molar-refractivity contribution in [2.45, 2.75) is 45.5 Å². The molecule has 1 aliphatic heterocycles. The van der Waals surface area contributed by atoms with Gasteiger partial charge in [-0.3, -0.25) is 4.57 Å². The van der Waals surface area contributed by atoms with Crippen molar-refractivity contribution in [3.63, 3.8) is 0 Å². The lowest BCUT2D eigenvalue weighted by Gasteiger charge is -2.36. The Balaban J connectivity index is 1.55. The number of rotatable bonds is 8. The fourth-order valence-electron chi connectivity index (χ4n) is 4.12. The molecule has 0 atom stereocenters. The third-order valence-electron chi connectivity index (χ3n) is 6.26. The molecule has 1 aromatic carbocycles. The average Bonchev–Trinajstić information content (AvgIpc) is 3.25. The maximum atomic E-state index is 13.3. The maximum absolute atomic E-state index is 13.3. The lowest BCUT2D eigenvalue weighted by atomic mass is 10.1. The number of nitrogens with zero attached hydrogens (tertiary/aromatic N) is 5. The number of halogens is 3. The van der Waals surface area contributed by atoms with Crippen LogP contribution in [0.15, 0.2) is 48.8 Å². The molecular formula is C26H34F3N5OSi. The van der Waals surface area contributed by atoms with Gasteiger partial charge in [0.15, 0.2) is 0 Å². The molecule has 0 spiro atoms. The first kappa shape index (κ1) is 26.2. The van der Waals surface area contributed by atoms with Crippen molar-refractivity contribution in [2.75, 3.05) is 42.6 Å². The zero-order chi connectivity index (χ0) is 25.9. The number of alkyl halides is 3. The Hall–Kier alpha value is -2.85. The van der Waals surface area contributed by atoms with E-state index in [0.29, 0.717) is 30.5 Å². The van der Waals surface area contributed by atoms with E-state index in [0.717, 1.165) is 50.2 Å². The second-order valence-corrected chi connectivity index (χ2v) is 16.1. The Labute approximate surface area is 211 Å². The van der Waals surface area contributed by atoms with E-state index in [1.165, 1.54) is 11.6 Å². The highest BCUT2D eigenvalue weighted by molar-refractivity contribution is 6.76. The maximum Gasteiger partial charge on any atom is 0.416 e. The zero-order valence-corrected chi connectivity index (χ0v) is 22.3. The Morgan fingerprint density at radius 1 is 1.00 bits per heavy atom. The summed E-state index contributed by atoms with van der Waals surface area (Å²) in [4.78, 5) is 13.7. The monoisotopic (exact) mass is 517 g/mol. The van der Waals surface area contributed by atoms with E-state index >= 15 is 0 Å². The molecule has 0 unspecified atom stereocenters. The van der Waals surface area contributed by atoms with Gasteiger partial charge in [-0.05, 0) is 42.8 Å². The van der Waals surface area contributed by atoms with Crippen LogP contribution >= 0.6 is 0 Å². The molecule has 6 nitrogen and oxygen atoms in total. The molecule has 3 heterocycles. The van der Waals surface area contributed by atoms with Crippen LogP contribution in [0, 0.1) is 6.92 Å². The van der Waals surface area contributed by atoms with E-state index < -0.39 is 19.8 Å². The number of hydrogen-bond acceptors (Lipinski definition) is 5. The molecule has 1 aliphatic rings. The van der Waals surface area contributed by atoms with Gasteiger partial charge in [0.2, 0.25) is 5.95 Å². The van der Waals surface area contributed by atoms with Crippen molar-refractivity contribution in [1.82, 2.24) is 14.5 Å². The van der Waals surface area contributed by atoms with Crippen molar-refractivity contribution >= 4 is 19.8 Å². The van der Waals surface area contributed by atoms with Gasteiger partial charge in [0.1, 0.15) is 12.5 Å². The van der Waals surface area contributed by atoms with Crippen LogP contribution in [0.4, 0.5) is 24.9 Å². The van der Waals surface area contributed by atoms with Gasteiger partial charge in [0, 0.05) is 58.8 Å². The zero-order valence-electron chi connectivity index (χ0n) is 21.3. The van der Waals surface area contributed by atoms with Gasteiger partial charge in [0.05, 0.1) is 11.3 Å². The Kier molecular flexibility index (Phi) is 7.75. The third-order valence-corrected chi connectivity index (χ3v) is 7.96. The fourth-order valence-corrected chi connectivity index (χ4v) is 4.87. The minimum atomic E-state index is -4.40. The number of pyridine rings is 1. The minimum absolute atomic E-state index is 0.311. The number of aromatic nitrogens is 3. The molecule has 0 N–H and O–H groups in total. The molecular weight excluding hydrogens is 483 g/mol. The molecule has 4 rings (SSSR count). The first-order chi connectivity index (χ1) is 17.0. The van der Waals surface area contributed by atoms with Gasteiger partial charge in [-0.15, -0.1) is 0 Å². The molecule has 0 bridgehead atoms. The first-order valence-corrected chi connectivity index (χ1v) is 16.0. The summed E-state index contributed by atoms with van der Waals surface area (Å²) in [6, 6.07) is 10.4. The summed E-state index contributed by atoms with van der Waals surface area (Å²) in [6.45, 7) is 12.9. The van der Waals surface area contributed by atoms with Crippen molar-refractivity contribution < 1.29 is 17.9 Å². The van der Waals surface area contributed by atoms with Gasteiger partial charge in [-0.1, -0.05) is 31.8 Å². The van der Waals surface area contributed by atoms with Gasteiger partial charge < -0.3 is 14.5 Å². The molecule has 36 heavy (non-hydrogen) atoms. The topological polar surface area (TPSA) is 46.4 Å². The summed E-state index contributed by atoms with van der Waals surface area (Å²) in [5.41, 5.74) is 1.43. The number of imidazole rings is 1. The van der Waals surface area contributed by atoms with E-state index in [9.17, 15) is 13.2 Å². The van der Waals surface area contributed by atoms with Gasteiger partial charge in [-0.2, -0.15) is 13.2 Å². The van der Waals surface area contributed by atoms with E-state index in [4.69, 9.17) is 9.72 Å². The molecule has 3 aromatic rings. The van der Waals surface area contributed by atoms with Gasteiger partial charge >= 0.3 is 6.18 Å². The number of ether oxygens (including phenoxy) is 1. The van der Waals surface area contributed by atoms with Crippen molar-refractivity contribution in [3.8, 4) is 11.3 Å². The molecule has 2 aromatic heterocycles. The van der Waals surface area contributed by atoms with E-state index in [-0.39, 0.29) is 0 Å². The largest absolute Gasteiger partial charge is 0.416 e. The van der Waals surface area contributed by atoms with Crippen LogP contribution in [0.3, 0.4) is 0 Å². The van der Waals surface area contributed by atoms with Crippen LogP contribution < -0.4 is 9.80 Å². The number of anilines is 2. The number of benzene rings is 1. The highest BCUT2D eigenvalue weighted by Gasteiger charge is 2.31. The summed E-state index contributed by atoms with van der Waals surface area (Å²) >= 11 is 0. The first-order valence-electron chi connectivity index (χ1n) is 12.2. The highest BCUT2D eigenvalue weighted by Crippen LogP contribution is 2.33. The SMILES string of the molecule is Cc1ccnc(N2CCN(c3nc(-c4cccc(C(F)(F)F)c4)cn3COCC[Si](C)(C)C)CC2)c1. The van der Waals surface area contributed by atoms with Crippen LogP contribution in [0.25, 0.3) is 11.3 Å². The van der Waals surface area contributed by atoms with Crippen molar-refractivity contribution in [1.29, 1.82) is 0 Å². The molecule has 0 radical (unpaired) electrons. The Bertz CT molecular complexity index is 1170. The molecule has 1 fully saturated rings. The van der Waals surface area contributed by atoms with E-state index in [2.05, 4.69) is 47.4 Å². The lowest BCUT2D eigenvalue weighted by molar-refractivity contribution is -0.137. The van der Waals surface area contributed by atoms with Crippen LogP contribution in [-0.2, 0) is 17.6 Å². The quantitative estimate of drug-likeness (QED) is 0.275. The van der Waals surface area contributed by atoms with Crippen LogP contribution in [0.2, 0.25) is 25.7 Å². The highest BCUT2D eigenvalue weighted by atomic mass is 28.3. The van der Waals surface area contributed by atoms with Crippen molar-refractivity contribution in [3.05, 3.63) is 59.9 Å². The normalized spacial score (nSPS) is 15.0. The fraction of sp³-hybridized carbons (Fsp3) is 0.462. The molecule has 1 saturated heterocycles. The predicted molar refractivity (Wildman–Crippen MR) is 140 cm³/mol. The minimum Gasteiger partial charge on any atom is -0.361 e. The summed E-state index contributed by atoms with van der Waals surface area (Å²) in [7, 11) is -1.24. The van der Waals surface area contributed by atoms with Gasteiger partial charge in [-0.25, -0.2) is 9.97 Å². The van der Waals surface area contributed by atoms with Crippen LogP contribution in [0.5, 0.6) is 0 Å². The smallest absolute Gasteiger partial charge is 0.361 e. The summed E-state index contributed by atoms with van der Waals surface area (Å²) < 4.78 is 47.8. The van der Waals surface area contributed by atoms with Crippen LogP contribution in [-0.4, -0.2) is 55.4 Å². The third kappa shape index (κ3) is 6.67. The Morgan fingerprint density at radius 3 is 2.39 bits per heavy atom. The molecule has 194 valence electrons. The summed E-state index contributed by atoms with van der Waals surface area (Å²) in [5, 5.41) is 0.